The van der Waals surface area contributed by atoms with E-state index in [9.17, 15) is 13.2 Å². The van der Waals surface area contributed by atoms with Gasteiger partial charge in [-0.1, -0.05) is 18.2 Å². The largest absolute Gasteiger partial charge is 0.339 e. The van der Waals surface area contributed by atoms with Gasteiger partial charge in [-0.15, -0.1) is 0 Å². The van der Waals surface area contributed by atoms with Gasteiger partial charge in [0, 0.05) is 45.3 Å². The summed E-state index contributed by atoms with van der Waals surface area (Å²) in [6.07, 6.45) is 3.80. The molecule has 0 bridgehead atoms. The zero-order valence-electron chi connectivity index (χ0n) is 17.2. The fourth-order valence-corrected chi connectivity index (χ4v) is 6.63. The lowest BCUT2D eigenvalue weighted by Gasteiger charge is -2.43. The van der Waals surface area contributed by atoms with E-state index in [1.165, 1.54) is 23.7 Å². The highest BCUT2D eigenvalue weighted by Crippen LogP contribution is 2.28. The van der Waals surface area contributed by atoms with Gasteiger partial charge in [-0.25, -0.2) is 8.42 Å². The number of hydrogen-bond acceptors (Lipinski definition) is 5. The number of benzene rings is 1. The van der Waals surface area contributed by atoms with E-state index in [2.05, 4.69) is 16.8 Å². The molecular formula is C21H32N4O3S. The van der Waals surface area contributed by atoms with Crippen LogP contribution in [-0.4, -0.2) is 98.3 Å². The topological polar surface area (TPSA) is 64.2 Å². The summed E-state index contributed by atoms with van der Waals surface area (Å²) < 4.78 is 27.6. The van der Waals surface area contributed by atoms with Crippen LogP contribution in [0.2, 0.25) is 0 Å². The fraction of sp³-hybridized carbons (Fsp3) is 0.667. The highest BCUT2D eigenvalue weighted by atomic mass is 32.2. The standard InChI is InChI=1S/C21H32N4O3S/c1-22-11-5-7-18(17-22)23-13-15-24(16-14-23)21(26)20-10-6-12-25(20)29(27,28)19-8-3-2-4-9-19/h2-4,8-9,18,20H,5-7,10-17H2,1H3. The second kappa shape index (κ2) is 8.71. The molecule has 3 fully saturated rings. The van der Waals surface area contributed by atoms with Gasteiger partial charge in [0.25, 0.3) is 0 Å². The molecule has 0 N–H and O–H groups in total. The maximum absolute atomic E-state index is 13.2. The van der Waals surface area contributed by atoms with Gasteiger partial charge >= 0.3 is 0 Å². The molecule has 1 aromatic carbocycles. The Hall–Kier alpha value is -1.48. The van der Waals surface area contributed by atoms with Gasteiger partial charge in [-0.3, -0.25) is 9.69 Å². The Morgan fingerprint density at radius 3 is 2.31 bits per heavy atom. The van der Waals surface area contributed by atoms with E-state index in [4.69, 9.17) is 0 Å². The Morgan fingerprint density at radius 2 is 1.62 bits per heavy atom. The number of sulfonamides is 1. The number of hydrogen-bond donors (Lipinski definition) is 0. The minimum absolute atomic E-state index is 0.0255. The number of likely N-dealkylation sites (N-methyl/N-ethyl adjacent to an activating group) is 1. The Labute approximate surface area is 174 Å². The molecule has 3 aliphatic heterocycles. The van der Waals surface area contributed by atoms with Gasteiger partial charge in [0.2, 0.25) is 15.9 Å². The van der Waals surface area contributed by atoms with Crippen molar-refractivity contribution in [3.05, 3.63) is 30.3 Å². The molecule has 0 radical (unpaired) electrons. The third-order valence-electron chi connectivity index (χ3n) is 6.58. The van der Waals surface area contributed by atoms with Crippen LogP contribution in [0, 0.1) is 0 Å². The Kier molecular flexibility index (Phi) is 6.24. The molecule has 1 aromatic rings. The predicted molar refractivity (Wildman–Crippen MR) is 112 cm³/mol. The SMILES string of the molecule is CN1CCCC(N2CCN(C(=O)C3CCCN3S(=O)(=O)c3ccccc3)CC2)C1. The van der Waals surface area contributed by atoms with Crippen LogP contribution in [0.3, 0.4) is 0 Å². The number of rotatable bonds is 4. The second-order valence-electron chi connectivity index (χ2n) is 8.51. The summed E-state index contributed by atoms with van der Waals surface area (Å²) in [4.78, 5) is 20.3. The molecule has 2 atom stereocenters. The lowest BCUT2D eigenvalue weighted by Crippen LogP contribution is -2.58. The highest BCUT2D eigenvalue weighted by molar-refractivity contribution is 7.89. The van der Waals surface area contributed by atoms with E-state index in [1.54, 1.807) is 30.3 Å². The molecule has 3 saturated heterocycles. The molecule has 1 amide bonds. The average Bonchev–Trinajstić information content (AvgIpc) is 3.25. The van der Waals surface area contributed by atoms with Crippen molar-refractivity contribution in [1.29, 1.82) is 0 Å². The summed E-state index contributed by atoms with van der Waals surface area (Å²) in [5.41, 5.74) is 0. The maximum atomic E-state index is 13.2. The highest BCUT2D eigenvalue weighted by Gasteiger charge is 2.41. The van der Waals surface area contributed by atoms with Crippen molar-refractivity contribution in [2.75, 3.05) is 52.9 Å². The van der Waals surface area contributed by atoms with Crippen LogP contribution in [0.25, 0.3) is 0 Å². The molecule has 0 aromatic heterocycles. The summed E-state index contributed by atoms with van der Waals surface area (Å²) in [5, 5.41) is 0. The van der Waals surface area contributed by atoms with Crippen molar-refractivity contribution in [3.63, 3.8) is 0 Å². The Balaban J connectivity index is 1.39. The molecule has 160 valence electrons. The van der Waals surface area contributed by atoms with Crippen molar-refractivity contribution in [3.8, 4) is 0 Å². The first-order chi connectivity index (χ1) is 14.0. The van der Waals surface area contributed by atoms with Crippen LogP contribution in [-0.2, 0) is 14.8 Å². The van der Waals surface area contributed by atoms with Crippen molar-refractivity contribution in [2.45, 2.75) is 42.7 Å². The molecule has 3 aliphatic rings. The molecule has 2 unspecified atom stereocenters. The van der Waals surface area contributed by atoms with E-state index in [1.807, 2.05) is 4.90 Å². The first kappa shape index (κ1) is 20.8. The van der Waals surface area contributed by atoms with Gasteiger partial charge in [0.15, 0.2) is 0 Å². The quantitative estimate of drug-likeness (QED) is 0.729. The van der Waals surface area contributed by atoms with Crippen LogP contribution >= 0.6 is 0 Å². The normalized spacial score (nSPS) is 28.0. The van der Waals surface area contributed by atoms with Gasteiger partial charge in [-0.05, 0) is 51.4 Å². The summed E-state index contributed by atoms with van der Waals surface area (Å²) >= 11 is 0. The van der Waals surface area contributed by atoms with E-state index in [0.29, 0.717) is 32.1 Å². The van der Waals surface area contributed by atoms with Crippen molar-refractivity contribution < 1.29 is 13.2 Å². The summed E-state index contributed by atoms with van der Waals surface area (Å²) in [7, 11) is -1.46. The predicted octanol–water partition coefficient (Wildman–Crippen LogP) is 1.08. The number of nitrogens with zero attached hydrogens (tertiary/aromatic N) is 4. The molecule has 7 nitrogen and oxygen atoms in total. The molecule has 4 rings (SSSR count). The van der Waals surface area contributed by atoms with Crippen LogP contribution < -0.4 is 0 Å². The molecule has 8 heteroatoms. The van der Waals surface area contributed by atoms with E-state index >= 15 is 0 Å². The van der Waals surface area contributed by atoms with Crippen molar-refractivity contribution in [1.82, 2.24) is 19.0 Å². The van der Waals surface area contributed by atoms with Gasteiger partial charge in [0.1, 0.15) is 6.04 Å². The van der Waals surface area contributed by atoms with E-state index in [0.717, 1.165) is 26.1 Å². The molecular weight excluding hydrogens is 388 g/mol. The molecule has 29 heavy (non-hydrogen) atoms. The monoisotopic (exact) mass is 420 g/mol. The summed E-state index contributed by atoms with van der Waals surface area (Å²) in [5.74, 6) is -0.0255. The van der Waals surface area contributed by atoms with E-state index in [-0.39, 0.29) is 10.8 Å². The van der Waals surface area contributed by atoms with Gasteiger partial charge in [0.05, 0.1) is 4.90 Å². The zero-order chi connectivity index (χ0) is 20.4. The number of likely N-dealkylation sites (tertiary alicyclic amines) is 1. The van der Waals surface area contributed by atoms with E-state index < -0.39 is 16.1 Å². The molecule has 0 aliphatic carbocycles. The summed E-state index contributed by atoms with van der Waals surface area (Å²) in [6.45, 7) is 5.82. The first-order valence-corrected chi connectivity index (χ1v) is 12.2. The fourth-order valence-electron chi connectivity index (χ4n) is 4.96. The lowest BCUT2D eigenvalue weighted by atomic mass is 10.0. The number of piperidine rings is 1. The third kappa shape index (κ3) is 4.35. The summed E-state index contributed by atoms with van der Waals surface area (Å²) in [6, 6.07) is 8.48. The van der Waals surface area contributed by atoms with Crippen LogP contribution in [0.5, 0.6) is 0 Å². The first-order valence-electron chi connectivity index (χ1n) is 10.7. The zero-order valence-corrected chi connectivity index (χ0v) is 18.1. The van der Waals surface area contributed by atoms with Gasteiger partial charge < -0.3 is 9.80 Å². The number of piperazine rings is 1. The second-order valence-corrected chi connectivity index (χ2v) is 10.4. The maximum Gasteiger partial charge on any atom is 0.243 e. The molecule has 0 spiro atoms. The number of carbonyl (C=O) groups excluding carboxylic acids is 1. The molecule has 3 heterocycles. The average molecular weight is 421 g/mol. The Morgan fingerprint density at radius 1 is 0.931 bits per heavy atom. The number of amides is 1. The van der Waals surface area contributed by atoms with Crippen molar-refractivity contribution in [2.24, 2.45) is 0 Å². The minimum atomic E-state index is -3.64. The number of carbonyl (C=O) groups is 1. The van der Waals surface area contributed by atoms with Crippen LogP contribution in [0.4, 0.5) is 0 Å². The van der Waals surface area contributed by atoms with Crippen LogP contribution in [0.15, 0.2) is 35.2 Å². The smallest absolute Gasteiger partial charge is 0.243 e. The van der Waals surface area contributed by atoms with Crippen molar-refractivity contribution >= 4 is 15.9 Å². The minimum Gasteiger partial charge on any atom is -0.339 e. The third-order valence-corrected chi connectivity index (χ3v) is 8.50. The molecule has 0 saturated carbocycles. The lowest BCUT2D eigenvalue weighted by molar-refractivity contribution is -0.136. The van der Waals surface area contributed by atoms with Gasteiger partial charge in [-0.2, -0.15) is 4.31 Å². The Bertz CT molecular complexity index is 808. The van der Waals surface area contributed by atoms with Crippen LogP contribution in [0.1, 0.15) is 25.7 Å².